The van der Waals surface area contributed by atoms with Crippen LogP contribution in [0.2, 0.25) is 0 Å². The molecule has 2 atom stereocenters. The average Bonchev–Trinajstić information content (AvgIpc) is 2.91. The van der Waals surface area contributed by atoms with E-state index in [1.165, 1.54) is 11.9 Å². The summed E-state index contributed by atoms with van der Waals surface area (Å²) in [6.07, 6.45) is 6.29. The average molecular weight is 506 g/mol. The minimum atomic E-state index is -0.774. The van der Waals surface area contributed by atoms with Crippen LogP contribution in [0.5, 0.6) is 0 Å². The number of hydrogen-bond acceptors (Lipinski definition) is 7. The monoisotopic (exact) mass is 505 g/mol. The van der Waals surface area contributed by atoms with Crippen LogP contribution in [0.4, 0.5) is 0 Å². The predicted molar refractivity (Wildman–Crippen MR) is 139 cm³/mol. The zero-order chi connectivity index (χ0) is 27.1. The van der Waals surface area contributed by atoms with Gasteiger partial charge in [0.05, 0.1) is 24.1 Å². The van der Waals surface area contributed by atoms with Crippen molar-refractivity contribution in [3.63, 3.8) is 0 Å². The Labute approximate surface area is 215 Å². The Morgan fingerprint density at radius 2 is 1.89 bits per heavy atom. The van der Waals surface area contributed by atoms with Crippen molar-refractivity contribution in [1.29, 1.82) is 0 Å². The van der Waals surface area contributed by atoms with Crippen molar-refractivity contribution in [1.82, 2.24) is 9.80 Å². The van der Waals surface area contributed by atoms with E-state index in [-0.39, 0.29) is 18.4 Å². The molecule has 0 spiro atoms. The van der Waals surface area contributed by atoms with E-state index in [1.807, 2.05) is 13.0 Å². The Balaban J connectivity index is 0.00000316. The summed E-state index contributed by atoms with van der Waals surface area (Å²) in [5, 5.41) is 8.87. The van der Waals surface area contributed by atoms with Crippen LogP contribution in [0.25, 0.3) is 0 Å². The molecular formula is C27H43N3O6. The molecule has 1 heterocycles. The maximum atomic E-state index is 13.4. The fourth-order valence-electron chi connectivity index (χ4n) is 4.50. The van der Waals surface area contributed by atoms with Crippen molar-refractivity contribution in [2.45, 2.75) is 64.0 Å². The van der Waals surface area contributed by atoms with Gasteiger partial charge >= 0.3 is 5.97 Å². The lowest BCUT2D eigenvalue weighted by Crippen LogP contribution is -2.39. The molecule has 2 unspecified atom stereocenters. The lowest BCUT2D eigenvalue weighted by Gasteiger charge is -2.32. The number of aldehydes is 2. The van der Waals surface area contributed by atoms with Gasteiger partial charge in [0.2, 0.25) is 0 Å². The molecule has 0 aromatic heterocycles. The first-order valence-corrected chi connectivity index (χ1v) is 12.6. The topological polar surface area (TPSA) is 130 Å². The molecule has 0 aliphatic carbocycles. The number of aryl methyl sites for hydroxylation is 1. The molecule has 202 valence electrons. The van der Waals surface area contributed by atoms with Crippen LogP contribution in [0, 0.1) is 5.92 Å². The molecule has 1 aliphatic rings. The highest BCUT2D eigenvalue weighted by atomic mass is 16.5. The maximum Gasteiger partial charge on any atom is 0.304 e. The summed E-state index contributed by atoms with van der Waals surface area (Å²) in [6, 6.07) is 4.73. The smallest absolute Gasteiger partial charge is 0.304 e. The number of likely N-dealkylation sites (N-methyl/N-ethyl adjacent to an activating group) is 1. The molecule has 1 amide bonds. The molecule has 36 heavy (non-hydrogen) atoms. The van der Waals surface area contributed by atoms with Crippen LogP contribution < -0.4 is 5.73 Å². The van der Waals surface area contributed by atoms with Gasteiger partial charge < -0.3 is 30.2 Å². The number of nitrogens with two attached hydrogens (primary N) is 1. The highest BCUT2D eigenvalue weighted by molar-refractivity contribution is 6.03. The molecule has 0 radical (unpaired) electrons. The van der Waals surface area contributed by atoms with Crippen molar-refractivity contribution in [2.75, 3.05) is 40.8 Å². The van der Waals surface area contributed by atoms with Crippen LogP contribution >= 0.6 is 0 Å². The van der Waals surface area contributed by atoms with Crippen molar-refractivity contribution >= 4 is 24.4 Å². The molecule has 1 aromatic rings. The number of rotatable bonds is 14. The predicted octanol–water partition coefficient (Wildman–Crippen LogP) is 2.65. The molecular weight excluding hydrogens is 462 g/mol. The van der Waals surface area contributed by atoms with Crippen LogP contribution in [0.1, 0.15) is 71.7 Å². The molecule has 9 nitrogen and oxygen atoms in total. The second-order valence-corrected chi connectivity index (χ2v) is 9.21. The first-order valence-electron chi connectivity index (χ1n) is 12.6. The molecule has 0 bridgehead atoms. The van der Waals surface area contributed by atoms with Gasteiger partial charge in [-0.05, 0) is 77.1 Å². The maximum absolute atomic E-state index is 13.4. The number of amides is 1. The number of piperidine rings is 1. The lowest BCUT2D eigenvalue weighted by atomic mass is 9.88. The molecule has 1 fully saturated rings. The van der Waals surface area contributed by atoms with E-state index >= 15 is 0 Å². The fourth-order valence-corrected chi connectivity index (χ4v) is 4.50. The molecule has 2 rings (SSSR count). The van der Waals surface area contributed by atoms with Crippen LogP contribution in [-0.4, -0.2) is 92.3 Å². The Morgan fingerprint density at radius 1 is 1.22 bits per heavy atom. The molecule has 1 aromatic carbocycles. The minimum absolute atomic E-state index is 0.0145. The first-order chi connectivity index (χ1) is 17.3. The summed E-state index contributed by atoms with van der Waals surface area (Å²) < 4.78 is 5.25. The van der Waals surface area contributed by atoms with Gasteiger partial charge in [-0.25, -0.2) is 0 Å². The Bertz CT molecular complexity index is 839. The van der Waals surface area contributed by atoms with E-state index in [1.54, 1.807) is 26.3 Å². The summed E-state index contributed by atoms with van der Waals surface area (Å²) in [7, 11) is 4.72. The summed E-state index contributed by atoms with van der Waals surface area (Å²) in [6.45, 7) is 4.25. The number of carboxylic acids is 1. The summed E-state index contributed by atoms with van der Waals surface area (Å²) >= 11 is 0. The zero-order valence-corrected chi connectivity index (χ0v) is 22.2. The Kier molecular flexibility index (Phi) is 14.8. The second-order valence-electron chi connectivity index (χ2n) is 9.21. The fraction of sp³-hybridized carbons (Fsp3) is 0.630. The number of carboxylic acid groups (broad SMARTS) is 1. The number of carbonyl (C=O) groups is 4. The minimum Gasteiger partial charge on any atom is -0.481 e. The number of methoxy groups -OCH3 is 1. The third kappa shape index (κ3) is 9.79. The van der Waals surface area contributed by atoms with Crippen LogP contribution in [0.15, 0.2) is 18.2 Å². The van der Waals surface area contributed by atoms with Crippen LogP contribution in [-0.2, 0) is 20.7 Å². The van der Waals surface area contributed by atoms with Gasteiger partial charge in [0.15, 0.2) is 6.29 Å². The van der Waals surface area contributed by atoms with Gasteiger partial charge in [0, 0.05) is 26.3 Å². The normalized spacial score (nSPS) is 15.8. The molecule has 9 heteroatoms. The van der Waals surface area contributed by atoms with E-state index in [9.17, 15) is 19.2 Å². The highest BCUT2D eigenvalue weighted by Crippen LogP contribution is 2.25. The number of hydrogen-bond donors (Lipinski definition) is 2. The van der Waals surface area contributed by atoms with Crippen LogP contribution in [0.3, 0.4) is 0 Å². The van der Waals surface area contributed by atoms with Crippen molar-refractivity contribution in [3.8, 4) is 0 Å². The molecule has 1 saturated heterocycles. The summed E-state index contributed by atoms with van der Waals surface area (Å²) in [4.78, 5) is 51.3. The summed E-state index contributed by atoms with van der Waals surface area (Å²) in [5.74, 6) is -0.604. The Hall–Kier alpha value is -2.62. The van der Waals surface area contributed by atoms with E-state index in [4.69, 9.17) is 9.84 Å². The van der Waals surface area contributed by atoms with Gasteiger partial charge in [-0.1, -0.05) is 18.2 Å². The van der Waals surface area contributed by atoms with Crippen molar-refractivity contribution in [2.24, 2.45) is 11.7 Å². The first kappa shape index (κ1) is 31.4. The number of carbonyl (C=O) groups excluding carboxylic acids is 3. The van der Waals surface area contributed by atoms with Gasteiger partial charge in [0.25, 0.3) is 5.91 Å². The van der Waals surface area contributed by atoms with Crippen molar-refractivity contribution < 1.29 is 29.0 Å². The quantitative estimate of drug-likeness (QED) is 0.369. The largest absolute Gasteiger partial charge is 0.481 e. The lowest BCUT2D eigenvalue weighted by molar-refractivity contribution is -0.137. The van der Waals surface area contributed by atoms with Gasteiger partial charge in [-0.2, -0.15) is 0 Å². The van der Waals surface area contributed by atoms with E-state index in [0.29, 0.717) is 49.1 Å². The second kappa shape index (κ2) is 16.9. The van der Waals surface area contributed by atoms with E-state index in [2.05, 4.69) is 10.6 Å². The third-order valence-corrected chi connectivity index (χ3v) is 6.94. The van der Waals surface area contributed by atoms with Gasteiger partial charge in [-0.3, -0.25) is 14.4 Å². The van der Waals surface area contributed by atoms with Gasteiger partial charge in [0.1, 0.15) is 6.29 Å². The molecule has 3 N–H and O–H groups in total. The highest BCUT2D eigenvalue weighted by Gasteiger charge is 2.26. The zero-order valence-electron chi connectivity index (χ0n) is 22.2. The number of nitrogens with zero attached hydrogens (tertiary/aromatic N) is 2. The van der Waals surface area contributed by atoms with E-state index in [0.717, 1.165) is 44.2 Å². The number of likely N-dealkylation sites (tertiary alicyclic amines) is 1. The number of aliphatic carboxylic acids is 1. The molecule has 1 aliphatic heterocycles. The van der Waals surface area contributed by atoms with Crippen molar-refractivity contribution in [3.05, 3.63) is 34.9 Å². The SMILES string of the molecule is CN.COC(C)CCC(C=O)N(C)C(=O)c1c(C=O)cccc1CCC1CCN(CCC(=O)O)CC1. The molecule has 0 saturated carbocycles. The Morgan fingerprint density at radius 3 is 2.44 bits per heavy atom. The summed E-state index contributed by atoms with van der Waals surface area (Å²) in [5.41, 5.74) is 6.04. The standard InChI is InChI=1S/C26H38N2O6.CH5N/c1-19(34-3)7-10-23(18-30)27(2)26(33)25-21(5-4-6-22(25)17-29)9-8-20-11-14-28(15-12-20)16-13-24(31)32;1-2/h4-6,17-20,23H,7-16H2,1-3H3,(H,31,32);2H2,1H3. The number of ether oxygens (including phenoxy) is 1. The van der Waals surface area contributed by atoms with E-state index < -0.39 is 12.0 Å². The van der Waals surface area contributed by atoms with Gasteiger partial charge in [-0.15, -0.1) is 0 Å². The number of benzene rings is 1. The third-order valence-electron chi connectivity index (χ3n) is 6.94.